The monoisotopic (exact) mass is 312 g/mol. The lowest BCUT2D eigenvalue weighted by atomic mass is 10.1. The van der Waals surface area contributed by atoms with E-state index in [9.17, 15) is 4.79 Å². The molecule has 23 heavy (non-hydrogen) atoms. The van der Waals surface area contributed by atoms with Crippen molar-refractivity contribution in [2.24, 2.45) is 0 Å². The van der Waals surface area contributed by atoms with Crippen molar-refractivity contribution in [1.82, 2.24) is 0 Å². The second kappa shape index (κ2) is 6.60. The van der Waals surface area contributed by atoms with Gasteiger partial charge >= 0.3 is 0 Å². The molecule has 0 saturated carbocycles. The van der Waals surface area contributed by atoms with Crippen molar-refractivity contribution in [3.05, 3.63) is 48.5 Å². The topological polar surface area (TPSA) is 64.8 Å². The molecule has 1 heterocycles. The molecule has 1 aliphatic rings. The van der Waals surface area contributed by atoms with E-state index in [4.69, 9.17) is 15.2 Å². The molecule has 0 radical (unpaired) electrons. The van der Waals surface area contributed by atoms with Gasteiger partial charge in [-0.15, -0.1) is 0 Å². The van der Waals surface area contributed by atoms with Crippen LogP contribution in [0.1, 0.15) is 13.3 Å². The highest BCUT2D eigenvalue weighted by atomic mass is 16.5. The Kier molecular flexibility index (Phi) is 4.37. The van der Waals surface area contributed by atoms with Gasteiger partial charge < -0.3 is 20.1 Å². The Morgan fingerprint density at radius 2 is 2.00 bits per heavy atom. The van der Waals surface area contributed by atoms with Crippen LogP contribution in [0.4, 0.5) is 11.4 Å². The minimum absolute atomic E-state index is 0.0530. The molecule has 2 aromatic rings. The summed E-state index contributed by atoms with van der Waals surface area (Å²) < 4.78 is 11.3. The second-order valence-corrected chi connectivity index (χ2v) is 5.49. The van der Waals surface area contributed by atoms with Gasteiger partial charge in [0.25, 0.3) is 5.91 Å². The zero-order chi connectivity index (χ0) is 16.2. The number of fused-ring (bicyclic) bond motifs is 1. The molecule has 0 unspecified atom stereocenters. The molecule has 0 bridgehead atoms. The average molecular weight is 312 g/mol. The Hall–Kier alpha value is -2.69. The highest BCUT2D eigenvalue weighted by Gasteiger charge is 2.31. The van der Waals surface area contributed by atoms with Crippen LogP contribution in [0.5, 0.6) is 11.5 Å². The van der Waals surface area contributed by atoms with E-state index >= 15 is 0 Å². The van der Waals surface area contributed by atoms with Crippen LogP contribution in [-0.2, 0) is 4.79 Å². The van der Waals surface area contributed by atoms with Crippen molar-refractivity contribution < 1.29 is 14.3 Å². The fourth-order valence-electron chi connectivity index (χ4n) is 2.58. The Labute approximate surface area is 135 Å². The fourth-order valence-corrected chi connectivity index (χ4v) is 2.58. The molecular formula is C18H20N2O3. The number of ether oxygens (including phenoxy) is 2. The number of benzene rings is 2. The van der Waals surface area contributed by atoms with Gasteiger partial charge in [-0.2, -0.15) is 0 Å². The van der Waals surface area contributed by atoms with Crippen molar-refractivity contribution >= 4 is 17.3 Å². The average Bonchev–Trinajstić information content (AvgIpc) is 2.56. The van der Waals surface area contributed by atoms with Crippen LogP contribution >= 0.6 is 0 Å². The van der Waals surface area contributed by atoms with Gasteiger partial charge in [0.05, 0.1) is 12.3 Å². The van der Waals surface area contributed by atoms with E-state index in [1.165, 1.54) is 0 Å². The number of rotatable bonds is 5. The van der Waals surface area contributed by atoms with Gasteiger partial charge in [-0.05, 0) is 43.7 Å². The summed E-state index contributed by atoms with van der Waals surface area (Å²) >= 11 is 0. The first-order valence-electron chi connectivity index (χ1n) is 7.70. The molecule has 1 atom stereocenters. The predicted molar refractivity (Wildman–Crippen MR) is 89.9 cm³/mol. The molecule has 2 aromatic carbocycles. The molecule has 1 amide bonds. The highest BCUT2D eigenvalue weighted by Crippen LogP contribution is 2.35. The number of nitrogens with zero attached hydrogens (tertiary/aromatic N) is 1. The number of nitrogen functional groups attached to an aromatic ring is 1. The van der Waals surface area contributed by atoms with Crippen LogP contribution in [-0.4, -0.2) is 25.2 Å². The Bertz CT molecular complexity index is 688. The van der Waals surface area contributed by atoms with E-state index in [-0.39, 0.29) is 5.91 Å². The van der Waals surface area contributed by atoms with E-state index in [0.29, 0.717) is 24.6 Å². The fraction of sp³-hybridized carbons (Fsp3) is 0.278. The zero-order valence-corrected chi connectivity index (χ0v) is 13.1. The number of hydrogen-bond acceptors (Lipinski definition) is 4. The summed E-state index contributed by atoms with van der Waals surface area (Å²) in [5, 5.41) is 0. The molecule has 0 saturated heterocycles. The molecule has 120 valence electrons. The first-order chi connectivity index (χ1) is 11.1. The maximum absolute atomic E-state index is 12.4. The third-order valence-corrected chi connectivity index (χ3v) is 3.73. The quantitative estimate of drug-likeness (QED) is 0.681. The SMILES string of the molecule is C[C@H]1Oc2ccc(N)cc2N(CCCOc2ccccc2)C1=O. The molecule has 2 N–H and O–H groups in total. The maximum atomic E-state index is 12.4. The Morgan fingerprint density at radius 1 is 1.22 bits per heavy atom. The van der Waals surface area contributed by atoms with Crippen LogP contribution in [0, 0.1) is 0 Å². The number of carbonyl (C=O) groups is 1. The Morgan fingerprint density at radius 3 is 2.78 bits per heavy atom. The number of para-hydroxylation sites is 1. The van der Waals surface area contributed by atoms with Crippen molar-refractivity contribution in [2.45, 2.75) is 19.4 Å². The van der Waals surface area contributed by atoms with Crippen LogP contribution in [0.25, 0.3) is 0 Å². The molecule has 0 aromatic heterocycles. The summed E-state index contributed by atoms with van der Waals surface area (Å²) in [5.41, 5.74) is 7.18. The lowest BCUT2D eigenvalue weighted by molar-refractivity contribution is -0.125. The minimum atomic E-state index is -0.485. The number of hydrogen-bond donors (Lipinski definition) is 1. The Balaban J connectivity index is 1.64. The molecular weight excluding hydrogens is 292 g/mol. The van der Waals surface area contributed by atoms with Crippen molar-refractivity contribution in [1.29, 1.82) is 0 Å². The van der Waals surface area contributed by atoms with E-state index in [1.54, 1.807) is 30.0 Å². The predicted octanol–water partition coefficient (Wildman–Crippen LogP) is 2.85. The largest absolute Gasteiger partial charge is 0.494 e. The van der Waals surface area contributed by atoms with Gasteiger partial charge in [0.15, 0.2) is 6.10 Å². The summed E-state index contributed by atoms with van der Waals surface area (Å²) in [6.45, 7) is 2.87. The first kappa shape index (κ1) is 15.2. The number of amides is 1. The minimum Gasteiger partial charge on any atom is -0.494 e. The smallest absolute Gasteiger partial charge is 0.267 e. The molecule has 5 nitrogen and oxygen atoms in total. The van der Waals surface area contributed by atoms with Crippen molar-refractivity contribution in [2.75, 3.05) is 23.8 Å². The standard InChI is InChI=1S/C18H20N2O3/c1-13-18(21)20(16-12-14(19)8-9-17(16)23-13)10-5-11-22-15-6-3-2-4-7-15/h2-4,6-9,12-13H,5,10-11,19H2,1H3/t13-/m1/s1. The zero-order valence-electron chi connectivity index (χ0n) is 13.1. The lowest BCUT2D eigenvalue weighted by Crippen LogP contribution is -2.45. The van der Waals surface area contributed by atoms with Gasteiger partial charge in [-0.3, -0.25) is 4.79 Å². The summed E-state index contributed by atoms with van der Waals surface area (Å²) in [6, 6.07) is 15.0. The van der Waals surface area contributed by atoms with Gasteiger partial charge in [-0.25, -0.2) is 0 Å². The van der Waals surface area contributed by atoms with Gasteiger partial charge in [0, 0.05) is 12.2 Å². The molecule has 0 fully saturated rings. The first-order valence-corrected chi connectivity index (χ1v) is 7.70. The third kappa shape index (κ3) is 3.39. The molecule has 3 rings (SSSR count). The molecule has 0 aliphatic carbocycles. The van der Waals surface area contributed by atoms with E-state index in [0.717, 1.165) is 17.9 Å². The molecule has 5 heteroatoms. The molecule has 1 aliphatic heterocycles. The van der Waals surface area contributed by atoms with Crippen LogP contribution < -0.4 is 20.1 Å². The van der Waals surface area contributed by atoms with Crippen LogP contribution in [0.15, 0.2) is 48.5 Å². The maximum Gasteiger partial charge on any atom is 0.267 e. The summed E-state index contributed by atoms with van der Waals surface area (Å²) in [7, 11) is 0. The number of carbonyl (C=O) groups excluding carboxylic acids is 1. The summed E-state index contributed by atoms with van der Waals surface area (Å²) in [6.07, 6.45) is 0.239. The van der Waals surface area contributed by atoms with Gasteiger partial charge in [0.2, 0.25) is 0 Å². The molecule has 0 spiro atoms. The van der Waals surface area contributed by atoms with Crippen molar-refractivity contribution in [3.8, 4) is 11.5 Å². The second-order valence-electron chi connectivity index (χ2n) is 5.49. The lowest BCUT2D eigenvalue weighted by Gasteiger charge is -2.33. The normalized spacial score (nSPS) is 16.7. The van der Waals surface area contributed by atoms with Crippen LogP contribution in [0.3, 0.4) is 0 Å². The van der Waals surface area contributed by atoms with E-state index in [2.05, 4.69) is 0 Å². The summed E-state index contributed by atoms with van der Waals surface area (Å²) in [4.78, 5) is 14.1. The van der Waals surface area contributed by atoms with Gasteiger partial charge in [-0.1, -0.05) is 18.2 Å². The number of nitrogens with two attached hydrogens (primary N) is 1. The van der Waals surface area contributed by atoms with Crippen LogP contribution in [0.2, 0.25) is 0 Å². The highest BCUT2D eigenvalue weighted by molar-refractivity contribution is 6.00. The van der Waals surface area contributed by atoms with E-state index < -0.39 is 6.10 Å². The van der Waals surface area contributed by atoms with Gasteiger partial charge in [0.1, 0.15) is 11.5 Å². The number of anilines is 2. The third-order valence-electron chi connectivity index (χ3n) is 3.73. The van der Waals surface area contributed by atoms with Crippen molar-refractivity contribution in [3.63, 3.8) is 0 Å². The van der Waals surface area contributed by atoms with E-state index in [1.807, 2.05) is 30.3 Å². The summed E-state index contributed by atoms with van der Waals surface area (Å²) in [5.74, 6) is 1.47.